The zero-order chi connectivity index (χ0) is 68.2. The minimum atomic E-state index is -4.95. The minimum Gasteiger partial charge on any atom is -0.462 e. The van der Waals surface area contributed by atoms with Gasteiger partial charge in [-0.3, -0.25) is 37.3 Å². The van der Waals surface area contributed by atoms with Crippen LogP contribution >= 0.6 is 15.6 Å². The Kier molecular flexibility index (Phi) is 61.3. The van der Waals surface area contributed by atoms with E-state index >= 15 is 0 Å². The van der Waals surface area contributed by atoms with Crippen molar-refractivity contribution in [1.82, 2.24) is 0 Å². The van der Waals surface area contributed by atoms with Crippen molar-refractivity contribution in [3.63, 3.8) is 0 Å². The zero-order valence-corrected chi connectivity index (χ0v) is 62.0. The highest BCUT2D eigenvalue weighted by Gasteiger charge is 2.30. The Morgan fingerprint density at radius 1 is 0.304 bits per heavy atom. The Bertz CT molecular complexity index is 1820. The molecule has 17 nitrogen and oxygen atoms in total. The summed E-state index contributed by atoms with van der Waals surface area (Å²) in [4.78, 5) is 72.6. The average molecular weight is 1350 g/mol. The molecule has 0 fully saturated rings. The normalized spacial score (nSPS) is 14.5. The maximum Gasteiger partial charge on any atom is 0.472 e. The van der Waals surface area contributed by atoms with Crippen molar-refractivity contribution in [3.8, 4) is 0 Å². The van der Waals surface area contributed by atoms with Gasteiger partial charge in [0.2, 0.25) is 0 Å². The molecule has 0 saturated carbocycles. The zero-order valence-electron chi connectivity index (χ0n) is 60.2. The lowest BCUT2D eigenvalue weighted by molar-refractivity contribution is -0.161. The number of unbranched alkanes of at least 4 members (excludes halogenated alkanes) is 35. The first-order valence-electron chi connectivity index (χ1n) is 37.7. The van der Waals surface area contributed by atoms with E-state index in [2.05, 4.69) is 55.4 Å². The Labute approximate surface area is 562 Å². The number of aliphatic hydroxyl groups is 1. The first kappa shape index (κ1) is 90.1. The van der Waals surface area contributed by atoms with Crippen LogP contribution in [0.4, 0.5) is 0 Å². The lowest BCUT2D eigenvalue weighted by Crippen LogP contribution is -2.30. The molecule has 0 heterocycles. The molecule has 0 rings (SSSR count). The second-order valence-corrected chi connectivity index (χ2v) is 30.9. The van der Waals surface area contributed by atoms with E-state index in [1.54, 1.807) is 0 Å². The molecule has 0 bridgehead atoms. The second-order valence-electron chi connectivity index (χ2n) is 28.0. The summed E-state index contributed by atoms with van der Waals surface area (Å²) in [6.07, 6.45) is 45.9. The fraction of sp³-hybridized carbons (Fsp3) is 0.945. The fourth-order valence-corrected chi connectivity index (χ4v) is 12.6. The molecule has 3 N–H and O–H groups in total. The van der Waals surface area contributed by atoms with Gasteiger partial charge in [0.25, 0.3) is 0 Å². The van der Waals surface area contributed by atoms with E-state index in [1.807, 2.05) is 0 Å². The van der Waals surface area contributed by atoms with Crippen LogP contribution in [0, 0.1) is 23.7 Å². The van der Waals surface area contributed by atoms with Crippen LogP contribution in [-0.2, 0) is 65.4 Å². The van der Waals surface area contributed by atoms with Gasteiger partial charge in [0.05, 0.1) is 26.4 Å². The molecule has 0 saturated heterocycles. The summed E-state index contributed by atoms with van der Waals surface area (Å²) in [5, 5.41) is 10.6. The van der Waals surface area contributed by atoms with Gasteiger partial charge in [-0.05, 0) is 49.4 Å². The van der Waals surface area contributed by atoms with Gasteiger partial charge in [0.1, 0.15) is 19.3 Å². The van der Waals surface area contributed by atoms with Crippen LogP contribution in [0.1, 0.15) is 364 Å². The van der Waals surface area contributed by atoms with E-state index < -0.39 is 97.5 Å². The molecule has 19 heteroatoms. The molecule has 0 aliphatic carbocycles. The van der Waals surface area contributed by atoms with Crippen molar-refractivity contribution in [1.29, 1.82) is 0 Å². The summed E-state index contributed by atoms with van der Waals surface area (Å²) in [6.45, 7) is 14.1. The summed E-state index contributed by atoms with van der Waals surface area (Å²) in [5.41, 5.74) is 0. The fourth-order valence-electron chi connectivity index (χ4n) is 11.0. The third-order valence-corrected chi connectivity index (χ3v) is 19.1. The monoisotopic (exact) mass is 1350 g/mol. The molecule has 0 radical (unpaired) electrons. The van der Waals surface area contributed by atoms with Crippen LogP contribution in [0.3, 0.4) is 0 Å². The highest BCUT2D eigenvalue weighted by Crippen LogP contribution is 2.45. The van der Waals surface area contributed by atoms with Crippen LogP contribution in [0.25, 0.3) is 0 Å². The topological polar surface area (TPSA) is 237 Å². The summed E-state index contributed by atoms with van der Waals surface area (Å²) >= 11 is 0. The second kappa shape index (κ2) is 62.6. The molecule has 0 aromatic heterocycles. The van der Waals surface area contributed by atoms with Crippen LogP contribution in [0.5, 0.6) is 0 Å². The predicted octanol–water partition coefficient (Wildman–Crippen LogP) is 20.9. The first-order valence-corrected chi connectivity index (χ1v) is 40.7. The van der Waals surface area contributed by atoms with Crippen LogP contribution in [0.2, 0.25) is 0 Å². The first-order chi connectivity index (χ1) is 44.1. The molecule has 0 aliphatic rings. The van der Waals surface area contributed by atoms with E-state index in [0.717, 1.165) is 108 Å². The number of carbonyl (C=O) groups excluding carboxylic acids is 4. The number of hydrogen-bond donors (Lipinski definition) is 3. The lowest BCUT2D eigenvalue weighted by Gasteiger charge is -2.21. The summed E-state index contributed by atoms with van der Waals surface area (Å²) < 4.78 is 68.4. The molecule has 0 aliphatic heterocycles. The van der Waals surface area contributed by atoms with Gasteiger partial charge >= 0.3 is 39.5 Å². The van der Waals surface area contributed by atoms with Crippen molar-refractivity contribution in [3.05, 3.63) is 0 Å². The number of rotatable bonds is 70. The van der Waals surface area contributed by atoms with Gasteiger partial charge in [0, 0.05) is 25.7 Å². The molecule has 0 aromatic carbocycles. The van der Waals surface area contributed by atoms with Gasteiger partial charge in [-0.15, -0.1) is 0 Å². The van der Waals surface area contributed by atoms with Gasteiger partial charge in [-0.2, -0.15) is 0 Å². The number of carbonyl (C=O) groups is 4. The number of phosphoric acid groups is 2. The third kappa shape index (κ3) is 65.4. The molecular formula is C73H142O17P2. The molecule has 92 heavy (non-hydrogen) atoms. The van der Waals surface area contributed by atoms with E-state index in [0.29, 0.717) is 31.6 Å². The maximum absolute atomic E-state index is 13.0. The number of phosphoric ester groups is 2. The van der Waals surface area contributed by atoms with Crippen LogP contribution in [0.15, 0.2) is 0 Å². The van der Waals surface area contributed by atoms with Crippen molar-refractivity contribution < 1.29 is 80.2 Å². The Hall–Kier alpha value is -1.94. The summed E-state index contributed by atoms with van der Waals surface area (Å²) in [6, 6.07) is 0. The van der Waals surface area contributed by atoms with Crippen molar-refractivity contribution in [2.45, 2.75) is 382 Å². The largest absolute Gasteiger partial charge is 0.472 e. The van der Waals surface area contributed by atoms with Gasteiger partial charge < -0.3 is 33.8 Å². The van der Waals surface area contributed by atoms with Gasteiger partial charge in [-0.25, -0.2) is 9.13 Å². The van der Waals surface area contributed by atoms with Crippen molar-refractivity contribution in [2.75, 3.05) is 39.6 Å². The molecule has 546 valence electrons. The SMILES string of the molecule is CCC(C)CCCCCCCCCCCCCCCCC(=O)OC[C@H](COP(=O)(O)OCC(O)COP(=O)(O)OC[C@@H](COC(=O)CCCCCCCCCCC(C)C)OC(=O)CCCCCCCCCCCCC(C)C)OC(=O)CCCCCCCCCC(C)C. The van der Waals surface area contributed by atoms with E-state index in [-0.39, 0.29) is 25.7 Å². The number of esters is 4. The standard InChI is InChI=1S/C73H142O17P2/c1-9-66(8)52-44-36-28-19-14-12-10-11-13-15-20-29-37-45-53-70(75)83-60-69(90-73(78)56-48-40-32-24-27-35-43-51-65(6)7)62-88-92(81,82)86-58-67(74)57-85-91(79,80)87-61-68(59-84-71(76)54-46-38-30-23-22-26-34-42-50-64(4)5)89-72(77)55-47-39-31-21-17-16-18-25-33-41-49-63(2)3/h63-69,74H,9-62H2,1-8H3,(H,79,80)(H,81,82)/t66?,67?,68-,69-/m1/s1. The van der Waals surface area contributed by atoms with Crippen LogP contribution < -0.4 is 0 Å². The Morgan fingerprint density at radius 2 is 0.522 bits per heavy atom. The molecule has 4 unspecified atom stereocenters. The Balaban J connectivity index is 5.20. The maximum atomic E-state index is 13.0. The van der Waals surface area contributed by atoms with Crippen LogP contribution in [-0.4, -0.2) is 96.7 Å². The van der Waals surface area contributed by atoms with Crippen molar-refractivity contribution in [2.24, 2.45) is 23.7 Å². The average Bonchev–Trinajstić information content (AvgIpc) is 2.49. The number of ether oxygens (including phenoxy) is 4. The lowest BCUT2D eigenvalue weighted by atomic mass is 9.99. The quantitative estimate of drug-likeness (QED) is 0.0222. The molecule has 0 aromatic rings. The summed E-state index contributed by atoms with van der Waals surface area (Å²) in [5.74, 6) is 0.896. The van der Waals surface area contributed by atoms with E-state index in [4.69, 9.17) is 37.0 Å². The highest BCUT2D eigenvalue weighted by atomic mass is 31.2. The van der Waals surface area contributed by atoms with Crippen molar-refractivity contribution >= 4 is 39.5 Å². The van der Waals surface area contributed by atoms with Gasteiger partial charge in [-0.1, -0.05) is 312 Å². The molecular weight excluding hydrogens is 1210 g/mol. The number of hydrogen-bond acceptors (Lipinski definition) is 15. The number of aliphatic hydroxyl groups excluding tert-OH is 1. The van der Waals surface area contributed by atoms with E-state index in [9.17, 15) is 43.2 Å². The van der Waals surface area contributed by atoms with E-state index in [1.165, 1.54) is 167 Å². The third-order valence-electron chi connectivity index (χ3n) is 17.2. The highest BCUT2D eigenvalue weighted by molar-refractivity contribution is 7.47. The predicted molar refractivity (Wildman–Crippen MR) is 372 cm³/mol. The minimum absolute atomic E-state index is 0.103. The molecule has 0 amide bonds. The summed E-state index contributed by atoms with van der Waals surface area (Å²) in [7, 11) is -9.91. The van der Waals surface area contributed by atoms with Gasteiger partial charge in [0.15, 0.2) is 12.2 Å². The Morgan fingerprint density at radius 3 is 0.772 bits per heavy atom. The smallest absolute Gasteiger partial charge is 0.462 e. The molecule has 6 atom stereocenters. The molecule has 0 spiro atoms.